The van der Waals surface area contributed by atoms with Crippen molar-refractivity contribution in [3.8, 4) is 5.75 Å². The number of hydrogen-bond donors (Lipinski definition) is 1. The van der Waals surface area contributed by atoms with Gasteiger partial charge in [0.05, 0.1) is 18.1 Å². The quantitative estimate of drug-likeness (QED) is 0.504. The Balaban J connectivity index is 1.47. The molecule has 1 N–H and O–H groups in total. The maximum atomic E-state index is 12.7. The molecule has 0 unspecified atom stereocenters. The number of nitrogens with one attached hydrogen (secondary N) is 1. The van der Waals surface area contributed by atoms with Crippen LogP contribution in [0, 0.1) is 5.92 Å². The van der Waals surface area contributed by atoms with E-state index in [0.717, 1.165) is 17.9 Å². The molecule has 1 saturated carbocycles. The van der Waals surface area contributed by atoms with Gasteiger partial charge in [0.25, 0.3) is 5.56 Å². The van der Waals surface area contributed by atoms with E-state index in [1.165, 1.54) is 29.7 Å². The first-order valence-electron chi connectivity index (χ1n) is 10.9. The number of aryl methyl sites for hydroxylation is 1. The Morgan fingerprint density at radius 1 is 1.13 bits per heavy atom. The summed E-state index contributed by atoms with van der Waals surface area (Å²) in [7, 11) is -3.23. The van der Waals surface area contributed by atoms with Gasteiger partial charge in [-0.2, -0.15) is 0 Å². The van der Waals surface area contributed by atoms with Crippen LogP contribution in [0.2, 0.25) is 0 Å². The fourth-order valence-electron chi connectivity index (χ4n) is 3.61. The number of aromatic amines is 1. The topological polar surface area (TPSA) is 98.2 Å². The number of hydrogen-bond acceptors (Lipinski definition) is 5. The number of sulfone groups is 1. The Morgan fingerprint density at radius 2 is 1.90 bits per heavy atom. The van der Waals surface area contributed by atoms with Gasteiger partial charge in [0.2, 0.25) is 0 Å². The monoisotopic (exact) mass is 448 g/mol. The van der Waals surface area contributed by atoms with Crippen LogP contribution in [0.4, 0.5) is 0 Å². The van der Waals surface area contributed by atoms with Gasteiger partial charge >= 0.3 is 5.69 Å². The van der Waals surface area contributed by atoms with Gasteiger partial charge in [0.15, 0.2) is 9.84 Å². The molecule has 1 heterocycles. The number of benzene rings is 1. The van der Waals surface area contributed by atoms with Crippen LogP contribution >= 0.6 is 0 Å². The molecule has 0 amide bonds. The second-order valence-corrected chi connectivity index (χ2v) is 11.3. The Hall–Kier alpha value is -2.35. The van der Waals surface area contributed by atoms with E-state index in [1.807, 2.05) is 38.1 Å². The van der Waals surface area contributed by atoms with E-state index < -0.39 is 26.5 Å². The lowest BCUT2D eigenvalue weighted by Crippen LogP contribution is -2.30. The highest BCUT2D eigenvalue weighted by atomic mass is 32.2. The van der Waals surface area contributed by atoms with Crippen LogP contribution in [-0.2, 0) is 21.8 Å². The zero-order valence-corrected chi connectivity index (χ0v) is 19.1. The zero-order chi connectivity index (χ0) is 22.5. The van der Waals surface area contributed by atoms with Crippen LogP contribution in [0.5, 0.6) is 5.75 Å². The summed E-state index contributed by atoms with van der Waals surface area (Å²) < 4.78 is 32.7. The summed E-state index contributed by atoms with van der Waals surface area (Å²) >= 11 is 0. The number of aromatic nitrogens is 2. The van der Waals surface area contributed by atoms with E-state index in [4.69, 9.17) is 4.74 Å². The van der Waals surface area contributed by atoms with Gasteiger partial charge < -0.3 is 9.30 Å². The van der Waals surface area contributed by atoms with Gasteiger partial charge in [-0.25, -0.2) is 13.2 Å². The average molecular weight is 449 g/mol. The predicted octanol–water partition coefficient (Wildman–Crippen LogP) is 2.89. The fraction of sp³-hybridized carbons (Fsp3) is 0.565. The minimum absolute atomic E-state index is 0.0749. The molecule has 1 fully saturated rings. The summed E-state index contributed by atoms with van der Waals surface area (Å²) in [6.45, 7) is 5.09. The molecular formula is C23H32N2O5S. The first-order chi connectivity index (χ1) is 14.6. The van der Waals surface area contributed by atoms with Crippen LogP contribution in [0.3, 0.4) is 0 Å². The Morgan fingerprint density at radius 3 is 2.61 bits per heavy atom. The van der Waals surface area contributed by atoms with Crippen molar-refractivity contribution in [1.82, 2.24) is 9.55 Å². The van der Waals surface area contributed by atoms with Crippen molar-refractivity contribution in [2.45, 2.75) is 57.9 Å². The van der Waals surface area contributed by atoms with Crippen LogP contribution in [0.25, 0.3) is 0 Å². The molecule has 1 aromatic heterocycles. The van der Waals surface area contributed by atoms with Crippen molar-refractivity contribution in [2.75, 3.05) is 18.1 Å². The molecule has 170 valence electrons. The maximum absolute atomic E-state index is 12.7. The lowest BCUT2D eigenvalue weighted by atomic mass is 9.87. The third-order valence-corrected chi connectivity index (χ3v) is 7.70. The summed E-state index contributed by atoms with van der Waals surface area (Å²) in [5, 5.41) is 0. The summed E-state index contributed by atoms with van der Waals surface area (Å²) in [4.78, 5) is 25.0. The highest BCUT2D eigenvalue weighted by molar-refractivity contribution is 7.91. The zero-order valence-electron chi connectivity index (χ0n) is 18.3. The van der Waals surface area contributed by atoms with Crippen molar-refractivity contribution < 1.29 is 13.2 Å². The first-order valence-corrected chi connectivity index (χ1v) is 12.7. The number of nitrogens with zero attached hydrogens (tertiary/aromatic N) is 1. The minimum atomic E-state index is -3.23. The smallest absolute Gasteiger partial charge is 0.328 e. The molecule has 0 bridgehead atoms. The molecular weight excluding hydrogens is 416 g/mol. The summed E-state index contributed by atoms with van der Waals surface area (Å²) in [5.74, 6) is 1.66. The number of H-pyrrole nitrogens is 1. The van der Waals surface area contributed by atoms with E-state index in [2.05, 4.69) is 4.98 Å². The predicted molar refractivity (Wildman–Crippen MR) is 122 cm³/mol. The van der Waals surface area contributed by atoms with Crippen molar-refractivity contribution in [3.05, 3.63) is 62.9 Å². The SMILES string of the molecule is CC(C)(CS(=O)(=O)CCCCCn1ccc(=O)[nH]c1=O)c1cccc(OCC2CC2)c1. The van der Waals surface area contributed by atoms with Crippen molar-refractivity contribution in [1.29, 1.82) is 0 Å². The lowest BCUT2D eigenvalue weighted by molar-refractivity contribution is 0.299. The molecule has 3 rings (SSSR count). The second-order valence-electron chi connectivity index (χ2n) is 9.12. The van der Waals surface area contributed by atoms with Gasteiger partial charge in [-0.1, -0.05) is 32.4 Å². The average Bonchev–Trinajstić information content (AvgIpc) is 3.51. The molecule has 0 saturated heterocycles. The van der Waals surface area contributed by atoms with Crippen LogP contribution < -0.4 is 16.0 Å². The molecule has 1 aliphatic carbocycles. The van der Waals surface area contributed by atoms with Gasteiger partial charge in [-0.05, 0) is 49.3 Å². The highest BCUT2D eigenvalue weighted by Gasteiger charge is 2.28. The van der Waals surface area contributed by atoms with Gasteiger partial charge in [-0.15, -0.1) is 0 Å². The van der Waals surface area contributed by atoms with E-state index >= 15 is 0 Å². The molecule has 0 atom stereocenters. The van der Waals surface area contributed by atoms with Gasteiger partial charge in [0.1, 0.15) is 5.75 Å². The number of unbranched alkanes of at least 4 members (excludes halogenated alkanes) is 2. The molecule has 0 spiro atoms. The lowest BCUT2D eigenvalue weighted by Gasteiger charge is -2.25. The number of rotatable bonds is 12. The van der Waals surface area contributed by atoms with E-state index in [0.29, 0.717) is 31.7 Å². The fourth-order valence-corrected chi connectivity index (χ4v) is 5.67. The maximum Gasteiger partial charge on any atom is 0.328 e. The molecule has 1 aliphatic rings. The third kappa shape index (κ3) is 7.38. The van der Waals surface area contributed by atoms with E-state index in [9.17, 15) is 18.0 Å². The number of ether oxygens (including phenoxy) is 1. The van der Waals surface area contributed by atoms with Crippen molar-refractivity contribution in [2.24, 2.45) is 5.92 Å². The van der Waals surface area contributed by atoms with Gasteiger partial charge in [-0.3, -0.25) is 9.78 Å². The molecule has 0 radical (unpaired) electrons. The molecule has 8 heteroatoms. The van der Waals surface area contributed by atoms with Crippen LogP contribution in [0.1, 0.15) is 51.5 Å². The van der Waals surface area contributed by atoms with Crippen molar-refractivity contribution >= 4 is 9.84 Å². The summed E-state index contributed by atoms with van der Waals surface area (Å²) in [5.41, 5.74) is -0.414. The second kappa shape index (κ2) is 9.85. The van der Waals surface area contributed by atoms with E-state index in [1.54, 1.807) is 0 Å². The van der Waals surface area contributed by atoms with Crippen LogP contribution in [0.15, 0.2) is 46.1 Å². The Labute approximate surface area is 183 Å². The molecule has 0 aliphatic heterocycles. The van der Waals surface area contributed by atoms with Crippen LogP contribution in [-0.4, -0.2) is 36.1 Å². The minimum Gasteiger partial charge on any atom is -0.493 e. The Kier molecular flexibility index (Phi) is 7.41. The third-order valence-electron chi connectivity index (χ3n) is 5.63. The van der Waals surface area contributed by atoms with E-state index in [-0.39, 0.29) is 11.5 Å². The normalized spacial score (nSPS) is 14.5. The first kappa shape index (κ1) is 23.3. The summed E-state index contributed by atoms with van der Waals surface area (Å²) in [6.07, 6.45) is 5.82. The molecule has 2 aromatic rings. The van der Waals surface area contributed by atoms with Gasteiger partial charge in [0, 0.05) is 24.2 Å². The Bertz CT molecular complexity index is 1100. The molecule has 1 aromatic carbocycles. The standard InChI is InChI=1S/C23H32N2O5S/c1-23(2,19-7-6-8-20(15-19)30-16-18-9-10-18)17-31(28,29)14-5-3-4-12-25-13-11-21(26)24-22(25)27/h6-8,11,13,15,18H,3-5,9-10,12,14,16-17H2,1-2H3,(H,24,26,27). The molecule has 7 nitrogen and oxygen atoms in total. The summed E-state index contributed by atoms with van der Waals surface area (Å²) in [6, 6.07) is 9.07. The van der Waals surface area contributed by atoms with Crippen molar-refractivity contribution in [3.63, 3.8) is 0 Å². The highest BCUT2D eigenvalue weighted by Crippen LogP contribution is 2.31. The largest absolute Gasteiger partial charge is 0.493 e. The molecule has 31 heavy (non-hydrogen) atoms.